The number of ether oxygens (including phenoxy) is 1. The van der Waals surface area contributed by atoms with Gasteiger partial charge >= 0.3 is 5.97 Å². The Kier molecular flexibility index (Phi) is 7.16. The Labute approximate surface area is 203 Å². The second-order valence-corrected chi connectivity index (χ2v) is 8.19. The molecule has 1 atom stereocenters. The minimum absolute atomic E-state index is 0.00944. The molecule has 0 saturated heterocycles. The van der Waals surface area contributed by atoms with E-state index in [1.54, 1.807) is 24.4 Å². The largest absolute Gasteiger partial charge is 0.458 e. The highest BCUT2D eigenvalue weighted by Crippen LogP contribution is 2.33. The molecule has 4 rings (SSSR count). The van der Waals surface area contributed by atoms with E-state index in [0.717, 1.165) is 22.5 Å². The summed E-state index contributed by atoms with van der Waals surface area (Å²) >= 11 is 0. The SMILES string of the molecule is CC1=CC(c2ccc(-c3cccc([N+](=O)[O-])c3)nc2)C(C(=O)OC/C=C/c2ccccc2)=C(C)N1. The number of nitrogens with zero attached hydrogens (tertiary/aromatic N) is 2. The highest BCUT2D eigenvalue weighted by molar-refractivity contribution is 5.92. The van der Waals surface area contributed by atoms with Crippen LogP contribution in [-0.2, 0) is 9.53 Å². The Balaban J connectivity index is 1.52. The monoisotopic (exact) mass is 467 g/mol. The van der Waals surface area contributed by atoms with Gasteiger partial charge in [-0.1, -0.05) is 60.7 Å². The van der Waals surface area contributed by atoms with Gasteiger partial charge in [0.2, 0.25) is 0 Å². The van der Waals surface area contributed by atoms with Crippen LogP contribution in [0.3, 0.4) is 0 Å². The number of hydrogen-bond donors (Lipinski definition) is 1. The van der Waals surface area contributed by atoms with Gasteiger partial charge in [-0.3, -0.25) is 15.1 Å². The Morgan fingerprint density at radius 3 is 2.63 bits per heavy atom. The van der Waals surface area contributed by atoms with E-state index in [1.165, 1.54) is 12.1 Å². The van der Waals surface area contributed by atoms with Gasteiger partial charge in [-0.25, -0.2) is 4.79 Å². The van der Waals surface area contributed by atoms with Crippen LogP contribution in [-0.4, -0.2) is 22.5 Å². The summed E-state index contributed by atoms with van der Waals surface area (Å²) in [4.78, 5) is 28.2. The number of nitro benzene ring substituents is 1. The predicted molar refractivity (Wildman–Crippen MR) is 135 cm³/mol. The molecule has 7 nitrogen and oxygen atoms in total. The van der Waals surface area contributed by atoms with Crippen LogP contribution in [0, 0.1) is 10.1 Å². The fourth-order valence-corrected chi connectivity index (χ4v) is 4.00. The number of esters is 1. The van der Waals surface area contributed by atoms with Crippen LogP contribution in [0.2, 0.25) is 0 Å². The van der Waals surface area contributed by atoms with Gasteiger partial charge in [-0.2, -0.15) is 0 Å². The van der Waals surface area contributed by atoms with Gasteiger partial charge in [0, 0.05) is 41.2 Å². The molecule has 0 radical (unpaired) electrons. The maximum atomic E-state index is 13.0. The topological polar surface area (TPSA) is 94.4 Å². The fourth-order valence-electron chi connectivity index (χ4n) is 4.00. The molecule has 7 heteroatoms. The van der Waals surface area contributed by atoms with Crippen molar-refractivity contribution in [1.29, 1.82) is 0 Å². The quantitative estimate of drug-likeness (QED) is 0.269. The lowest BCUT2D eigenvalue weighted by atomic mass is 9.87. The van der Waals surface area contributed by atoms with Gasteiger partial charge in [0.1, 0.15) is 6.61 Å². The Bertz CT molecular complexity index is 1330. The molecule has 0 saturated carbocycles. The van der Waals surface area contributed by atoms with Crippen molar-refractivity contribution in [2.45, 2.75) is 19.8 Å². The number of pyridine rings is 1. The van der Waals surface area contributed by atoms with Crippen LogP contribution < -0.4 is 5.32 Å². The van der Waals surface area contributed by atoms with Crippen molar-refractivity contribution >= 4 is 17.7 Å². The van der Waals surface area contributed by atoms with Crippen LogP contribution >= 0.6 is 0 Å². The second kappa shape index (κ2) is 10.6. The van der Waals surface area contributed by atoms with E-state index in [0.29, 0.717) is 16.8 Å². The van der Waals surface area contributed by atoms with E-state index in [4.69, 9.17) is 4.74 Å². The lowest BCUT2D eigenvalue weighted by molar-refractivity contribution is -0.384. The maximum Gasteiger partial charge on any atom is 0.337 e. The summed E-state index contributed by atoms with van der Waals surface area (Å²) < 4.78 is 5.55. The molecule has 3 aromatic rings. The van der Waals surface area contributed by atoms with Crippen molar-refractivity contribution in [1.82, 2.24) is 10.3 Å². The number of aromatic nitrogens is 1. The molecule has 0 fully saturated rings. The van der Waals surface area contributed by atoms with Crippen molar-refractivity contribution in [3.05, 3.63) is 123 Å². The van der Waals surface area contributed by atoms with E-state index >= 15 is 0 Å². The highest BCUT2D eigenvalue weighted by Gasteiger charge is 2.28. The molecule has 0 bridgehead atoms. The van der Waals surface area contributed by atoms with Crippen LogP contribution in [0.15, 0.2) is 102 Å². The third-order valence-corrected chi connectivity index (χ3v) is 5.65. The number of benzene rings is 2. The Morgan fingerprint density at radius 2 is 1.91 bits per heavy atom. The first-order chi connectivity index (χ1) is 16.9. The van der Waals surface area contributed by atoms with E-state index in [1.807, 2.05) is 68.5 Å². The highest BCUT2D eigenvalue weighted by atomic mass is 16.6. The predicted octanol–water partition coefficient (Wildman–Crippen LogP) is 5.78. The molecule has 0 aliphatic carbocycles. The molecule has 2 heterocycles. The summed E-state index contributed by atoms with van der Waals surface area (Å²) in [6, 6.07) is 19.8. The zero-order valence-corrected chi connectivity index (χ0v) is 19.5. The minimum atomic E-state index is -0.430. The normalized spacial score (nSPS) is 15.5. The smallest absolute Gasteiger partial charge is 0.337 e. The number of carbonyl (C=O) groups is 1. The van der Waals surface area contributed by atoms with Crippen molar-refractivity contribution < 1.29 is 14.5 Å². The average Bonchev–Trinajstić information content (AvgIpc) is 2.87. The van der Waals surface area contributed by atoms with Gasteiger partial charge in [0.25, 0.3) is 5.69 Å². The summed E-state index contributed by atoms with van der Waals surface area (Å²) in [5.74, 6) is -0.724. The van der Waals surface area contributed by atoms with Crippen molar-refractivity contribution in [2.24, 2.45) is 0 Å². The summed E-state index contributed by atoms with van der Waals surface area (Å²) in [6.45, 7) is 3.95. The molecular formula is C28H25N3O4. The standard InChI is InChI=1S/C28H25N3O4/c1-19-16-25(23-13-14-26(29-18-23)22-11-6-12-24(17-22)31(33)34)27(20(2)30-19)28(32)35-15-7-10-21-8-4-3-5-9-21/h3-14,16-18,25,30H,15H2,1-2H3/b10-7+. The molecule has 0 spiro atoms. The average molecular weight is 468 g/mol. The van der Waals surface area contributed by atoms with E-state index < -0.39 is 10.9 Å². The van der Waals surface area contributed by atoms with Crippen molar-refractivity contribution in [3.63, 3.8) is 0 Å². The number of dihydropyridines is 1. The van der Waals surface area contributed by atoms with Gasteiger partial charge in [-0.05, 0) is 37.1 Å². The zero-order valence-electron chi connectivity index (χ0n) is 19.5. The number of nitro groups is 1. The van der Waals surface area contributed by atoms with Crippen LogP contribution in [0.4, 0.5) is 5.69 Å². The van der Waals surface area contributed by atoms with Gasteiger partial charge in [0.15, 0.2) is 0 Å². The van der Waals surface area contributed by atoms with E-state index in [-0.39, 0.29) is 18.2 Å². The summed E-state index contributed by atoms with van der Waals surface area (Å²) in [5, 5.41) is 14.3. The lowest BCUT2D eigenvalue weighted by Gasteiger charge is -2.25. The second-order valence-electron chi connectivity index (χ2n) is 8.19. The van der Waals surface area contributed by atoms with Crippen LogP contribution in [0.5, 0.6) is 0 Å². The van der Waals surface area contributed by atoms with Crippen molar-refractivity contribution in [2.75, 3.05) is 6.61 Å². The Hall–Kier alpha value is -4.52. The first kappa shape index (κ1) is 23.6. The molecule has 1 aliphatic heterocycles. The zero-order chi connectivity index (χ0) is 24.8. The number of allylic oxidation sites excluding steroid dienone is 3. The lowest BCUT2D eigenvalue weighted by Crippen LogP contribution is -2.25. The molecular weight excluding hydrogens is 442 g/mol. The molecule has 1 N–H and O–H groups in total. The van der Waals surface area contributed by atoms with Gasteiger partial charge in [0.05, 0.1) is 16.2 Å². The summed E-state index contributed by atoms with van der Waals surface area (Å²) in [6.07, 6.45) is 7.38. The first-order valence-electron chi connectivity index (χ1n) is 11.2. The minimum Gasteiger partial charge on any atom is -0.458 e. The molecule has 0 amide bonds. The first-order valence-corrected chi connectivity index (χ1v) is 11.2. The van der Waals surface area contributed by atoms with E-state index in [2.05, 4.69) is 10.3 Å². The molecule has 1 aliphatic rings. The number of nitrogens with one attached hydrogen (secondary N) is 1. The van der Waals surface area contributed by atoms with Crippen molar-refractivity contribution in [3.8, 4) is 11.3 Å². The number of non-ortho nitro benzene ring substituents is 1. The third-order valence-electron chi connectivity index (χ3n) is 5.65. The molecule has 1 unspecified atom stereocenters. The summed E-state index contributed by atoms with van der Waals surface area (Å²) in [5.41, 5.74) is 5.31. The molecule has 35 heavy (non-hydrogen) atoms. The fraction of sp³-hybridized carbons (Fsp3) is 0.143. The molecule has 1 aromatic heterocycles. The molecule has 176 valence electrons. The summed E-state index contributed by atoms with van der Waals surface area (Å²) in [7, 11) is 0. The number of hydrogen-bond acceptors (Lipinski definition) is 6. The number of carbonyl (C=O) groups excluding carboxylic acids is 1. The van der Waals surface area contributed by atoms with Crippen LogP contribution in [0.25, 0.3) is 17.3 Å². The Morgan fingerprint density at radius 1 is 1.11 bits per heavy atom. The molecule has 2 aromatic carbocycles. The maximum absolute atomic E-state index is 13.0. The third kappa shape index (κ3) is 5.70. The van der Waals surface area contributed by atoms with Crippen LogP contribution in [0.1, 0.15) is 30.9 Å². The number of rotatable bonds is 7. The van der Waals surface area contributed by atoms with Gasteiger partial charge < -0.3 is 10.1 Å². The van der Waals surface area contributed by atoms with Gasteiger partial charge in [-0.15, -0.1) is 0 Å². The van der Waals surface area contributed by atoms with E-state index in [9.17, 15) is 14.9 Å².